The molecule has 25 heavy (non-hydrogen) atoms. The van der Waals surface area contributed by atoms with Crippen LogP contribution in [0.2, 0.25) is 0 Å². The Hall–Kier alpha value is -1.04. The number of unbranched alkanes of at least 4 members (excludes halogenated alkanes) is 1. The molecule has 2 saturated heterocycles. The summed E-state index contributed by atoms with van der Waals surface area (Å²) >= 11 is 0. The van der Waals surface area contributed by atoms with Gasteiger partial charge in [0.05, 0.1) is 11.2 Å². The summed E-state index contributed by atoms with van der Waals surface area (Å²) in [6.07, 6.45) is 2.59. The van der Waals surface area contributed by atoms with Crippen molar-refractivity contribution in [2.45, 2.75) is 58.7 Å². The summed E-state index contributed by atoms with van der Waals surface area (Å²) in [4.78, 5) is 5.06. The van der Waals surface area contributed by atoms with Crippen LogP contribution in [-0.4, -0.2) is 55.9 Å². The van der Waals surface area contributed by atoms with E-state index in [2.05, 4.69) is 68.7 Å². The minimum atomic E-state index is -0.287. The Kier molecular flexibility index (Phi) is 5.47. The molecule has 2 heterocycles. The van der Waals surface area contributed by atoms with E-state index in [0.717, 1.165) is 18.6 Å². The number of hydrogen-bond donors (Lipinski definition) is 0. The van der Waals surface area contributed by atoms with E-state index in [0.29, 0.717) is 0 Å². The first-order valence-corrected chi connectivity index (χ1v) is 9.75. The molecule has 0 amide bonds. The molecule has 3 rings (SSSR count). The van der Waals surface area contributed by atoms with Crippen LogP contribution in [0, 0.1) is 0 Å². The van der Waals surface area contributed by atoms with Gasteiger partial charge in [0, 0.05) is 31.9 Å². The van der Waals surface area contributed by atoms with E-state index in [9.17, 15) is 0 Å². The van der Waals surface area contributed by atoms with Gasteiger partial charge in [-0.15, -0.1) is 0 Å². The predicted molar refractivity (Wildman–Crippen MR) is 106 cm³/mol. The number of anilines is 1. The van der Waals surface area contributed by atoms with Crippen LogP contribution >= 0.6 is 0 Å². The maximum atomic E-state index is 6.14. The fourth-order valence-electron chi connectivity index (χ4n) is 3.43. The van der Waals surface area contributed by atoms with E-state index in [1.807, 2.05) is 0 Å². The molecule has 0 spiro atoms. The number of hydrogen-bond acceptors (Lipinski definition) is 4. The Morgan fingerprint density at radius 3 is 2.00 bits per heavy atom. The lowest BCUT2D eigenvalue weighted by Gasteiger charge is -2.36. The van der Waals surface area contributed by atoms with Crippen molar-refractivity contribution in [3.05, 3.63) is 24.3 Å². The van der Waals surface area contributed by atoms with E-state index >= 15 is 0 Å². The fraction of sp³-hybridized carbons (Fsp3) is 0.700. The molecular weight excluding hydrogens is 311 g/mol. The predicted octanol–water partition coefficient (Wildman–Crippen LogP) is 2.91. The molecule has 0 unspecified atom stereocenters. The molecule has 0 N–H and O–H groups in total. The van der Waals surface area contributed by atoms with Crippen molar-refractivity contribution in [2.24, 2.45) is 0 Å². The average molecular weight is 344 g/mol. The molecule has 4 nitrogen and oxygen atoms in total. The summed E-state index contributed by atoms with van der Waals surface area (Å²) in [5, 5.41) is 0. The Labute approximate surface area is 153 Å². The summed E-state index contributed by atoms with van der Waals surface area (Å²) < 4.78 is 12.3. The van der Waals surface area contributed by atoms with E-state index in [4.69, 9.17) is 9.31 Å². The summed E-state index contributed by atoms with van der Waals surface area (Å²) in [5.74, 6) is 0. The molecule has 2 fully saturated rings. The minimum absolute atomic E-state index is 0.273. The highest BCUT2D eigenvalue weighted by molar-refractivity contribution is 6.62. The number of piperazine rings is 1. The largest absolute Gasteiger partial charge is 0.494 e. The van der Waals surface area contributed by atoms with E-state index in [-0.39, 0.29) is 18.3 Å². The maximum absolute atomic E-state index is 6.14. The lowest BCUT2D eigenvalue weighted by molar-refractivity contribution is 0.00578. The summed E-state index contributed by atoms with van der Waals surface area (Å²) in [5.41, 5.74) is 1.83. The van der Waals surface area contributed by atoms with Gasteiger partial charge in [0.25, 0.3) is 0 Å². The molecule has 5 heteroatoms. The van der Waals surface area contributed by atoms with Crippen LogP contribution in [0.5, 0.6) is 0 Å². The van der Waals surface area contributed by atoms with Crippen LogP contribution in [-0.2, 0) is 9.31 Å². The quantitative estimate of drug-likeness (QED) is 0.767. The minimum Gasteiger partial charge on any atom is -0.399 e. The zero-order chi connectivity index (χ0) is 18.1. The molecule has 0 aromatic heterocycles. The average Bonchev–Trinajstić information content (AvgIpc) is 2.81. The lowest BCUT2D eigenvalue weighted by atomic mass is 9.79. The Bertz CT molecular complexity index is 550. The van der Waals surface area contributed by atoms with E-state index < -0.39 is 0 Å². The smallest absolute Gasteiger partial charge is 0.399 e. The van der Waals surface area contributed by atoms with Crippen LogP contribution in [0.3, 0.4) is 0 Å². The van der Waals surface area contributed by atoms with E-state index in [1.54, 1.807) is 0 Å². The summed E-state index contributed by atoms with van der Waals surface area (Å²) in [7, 11) is -0.273. The monoisotopic (exact) mass is 344 g/mol. The van der Waals surface area contributed by atoms with Crippen LogP contribution < -0.4 is 10.4 Å². The molecule has 0 bridgehead atoms. The summed E-state index contributed by atoms with van der Waals surface area (Å²) in [6, 6.07) is 8.73. The first kappa shape index (κ1) is 18.7. The highest BCUT2D eigenvalue weighted by atomic mass is 16.7. The summed E-state index contributed by atoms with van der Waals surface area (Å²) in [6.45, 7) is 16.4. The van der Waals surface area contributed by atoms with Gasteiger partial charge in [-0.25, -0.2) is 0 Å². The molecule has 2 aliphatic heterocycles. The first-order valence-electron chi connectivity index (χ1n) is 9.75. The van der Waals surface area contributed by atoms with Crippen LogP contribution in [0.4, 0.5) is 5.69 Å². The van der Waals surface area contributed by atoms with Crippen molar-refractivity contribution in [3.8, 4) is 0 Å². The van der Waals surface area contributed by atoms with E-state index in [1.165, 1.54) is 38.2 Å². The number of nitrogens with zero attached hydrogens (tertiary/aromatic N) is 2. The molecule has 1 aromatic carbocycles. The van der Waals surface area contributed by atoms with Gasteiger partial charge in [-0.05, 0) is 58.3 Å². The van der Waals surface area contributed by atoms with Gasteiger partial charge in [0.1, 0.15) is 0 Å². The van der Waals surface area contributed by atoms with Gasteiger partial charge in [-0.3, -0.25) is 4.90 Å². The van der Waals surface area contributed by atoms with Gasteiger partial charge in [0.15, 0.2) is 0 Å². The molecule has 0 radical (unpaired) electrons. The zero-order valence-electron chi connectivity index (χ0n) is 16.5. The Balaban J connectivity index is 1.59. The van der Waals surface area contributed by atoms with Crippen molar-refractivity contribution in [1.82, 2.24) is 4.90 Å². The zero-order valence-corrected chi connectivity index (χ0v) is 16.5. The third-order valence-electron chi connectivity index (χ3n) is 5.98. The van der Waals surface area contributed by atoms with Gasteiger partial charge in [-0.2, -0.15) is 0 Å². The molecule has 2 aliphatic rings. The van der Waals surface area contributed by atoms with Crippen molar-refractivity contribution in [3.63, 3.8) is 0 Å². The molecule has 0 aliphatic carbocycles. The van der Waals surface area contributed by atoms with Crippen molar-refractivity contribution in [1.29, 1.82) is 0 Å². The number of benzene rings is 1. The third kappa shape index (κ3) is 4.04. The Morgan fingerprint density at radius 2 is 1.48 bits per heavy atom. The van der Waals surface area contributed by atoms with Crippen LogP contribution in [0.1, 0.15) is 47.5 Å². The highest BCUT2D eigenvalue weighted by Gasteiger charge is 2.51. The second-order valence-corrected chi connectivity index (χ2v) is 8.36. The SMILES string of the molecule is CCCCN1CCN(c2ccc(B3OC(C)(C)C(C)(C)O3)cc2)CC1. The molecule has 0 atom stereocenters. The van der Waals surface area contributed by atoms with Crippen molar-refractivity contribution >= 4 is 18.3 Å². The standard InChI is InChI=1S/C20H33BN2O2/c1-6-7-12-22-13-15-23(16-14-22)18-10-8-17(9-11-18)21-24-19(2,3)20(4,5)25-21/h8-11H,6-7,12-16H2,1-5H3. The van der Waals surface area contributed by atoms with Gasteiger partial charge in [-0.1, -0.05) is 25.5 Å². The molecule has 0 saturated carbocycles. The topological polar surface area (TPSA) is 24.9 Å². The maximum Gasteiger partial charge on any atom is 0.494 e. The third-order valence-corrected chi connectivity index (χ3v) is 5.98. The van der Waals surface area contributed by atoms with Gasteiger partial charge in [0.2, 0.25) is 0 Å². The normalized spacial score (nSPS) is 23.2. The van der Waals surface area contributed by atoms with Crippen LogP contribution in [0.25, 0.3) is 0 Å². The second-order valence-electron chi connectivity index (χ2n) is 8.36. The molecule has 1 aromatic rings. The van der Waals surface area contributed by atoms with Gasteiger partial charge >= 0.3 is 7.12 Å². The highest BCUT2D eigenvalue weighted by Crippen LogP contribution is 2.36. The Morgan fingerprint density at radius 1 is 0.920 bits per heavy atom. The van der Waals surface area contributed by atoms with Crippen LogP contribution in [0.15, 0.2) is 24.3 Å². The van der Waals surface area contributed by atoms with Crippen molar-refractivity contribution < 1.29 is 9.31 Å². The molecule has 138 valence electrons. The molecular formula is C20H33BN2O2. The lowest BCUT2D eigenvalue weighted by Crippen LogP contribution is -2.46. The second kappa shape index (κ2) is 7.30. The number of rotatable bonds is 5. The first-order chi connectivity index (χ1) is 11.8. The van der Waals surface area contributed by atoms with Gasteiger partial charge < -0.3 is 14.2 Å². The van der Waals surface area contributed by atoms with Crippen molar-refractivity contribution in [2.75, 3.05) is 37.6 Å². The fourth-order valence-corrected chi connectivity index (χ4v) is 3.43.